The third kappa shape index (κ3) is 5.29. The fourth-order valence-corrected chi connectivity index (χ4v) is 2.22. The van der Waals surface area contributed by atoms with E-state index in [0.29, 0.717) is 12.4 Å². The molecule has 0 unspecified atom stereocenters. The highest BCUT2D eigenvalue weighted by atomic mass is 16.5. The van der Waals surface area contributed by atoms with Crippen LogP contribution in [0.2, 0.25) is 0 Å². The minimum atomic E-state index is -0.107. The van der Waals surface area contributed by atoms with Gasteiger partial charge in [-0.15, -0.1) is 0 Å². The van der Waals surface area contributed by atoms with Crippen LogP contribution in [0, 0.1) is 0 Å². The molecular weight excluding hydrogens is 290 g/mol. The number of carbonyl (C=O) groups excluding carboxylic acids is 1. The lowest BCUT2D eigenvalue weighted by Crippen LogP contribution is -2.22. The van der Waals surface area contributed by atoms with Gasteiger partial charge in [0.25, 0.3) is 0 Å². The number of nitrogens with one attached hydrogen (secondary N) is 1. The molecule has 122 valence electrons. The third-order valence-corrected chi connectivity index (χ3v) is 3.49. The van der Waals surface area contributed by atoms with Gasteiger partial charge in [-0.2, -0.15) is 0 Å². The van der Waals surface area contributed by atoms with E-state index in [1.165, 1.54) is 0 Å². The van der Waals surface area contributed by atoms with Crippen LogP contribution in [0.4, 0.5) is 11.5 Å². The van der Waals surface area contributed by atoms with E-state index in [1.807, 2.05) is 42.5 Å². The molecule has 0 radical (unpaired) electrons. The molecular formula is C18H23N3O2. The van der Waals surface area contributed by atoms with E-state index in [4.69, 9.17) is 4.74 Å². The summed E-state index contributed by atoms with van der Waals surface area (Å²) in [6.07, 6.45) is 2.07. The van der Waals surface area contributed by atoms with Crippen molar-refractivity contribution in [1.29, 1.82) is 0 Å². The van der Waals surface area contributed by atoms with E-state index < -0.39 is 0 Å². The smallest absolute Gasteiger partial charge is 0.228 e. The van der Waals surface area contributed by atoms with Gasteiger partial charge in [-0.1, -0.05) is 18.2 Å². The minimum absolute atomic E-state index is 0.107. The van der Waals surface area contributed by atoms with Gasteiger partial charge in [0.05, 0.1) is 24.9 Å². The molecule has 1 aromatic heterocycles. The predicted molar refractivity (Wildman–Crippen MR) is 93.0 cm³/mol. The first-order chi connectivity index (χ1) is 11.2. The molecule has 0 aliphatic carbocycles. The van der Waals surface area contributed by atoms with Crippen LogP contribution in [-0.2, 0) is 4.79 Å². The Kier molecular flexibility index (Phi) is 6.41. The summed E-state index contributed by atoms with van der Waals surface area (Å²) < 4.78 is 5.51. The summed E-state index contributed by atoms with van der Waals surface area (Å²) in [6, 6.07) is 13.2. The van der Waals surface area contributed by atoms with Crippen LogP contribution in [0.1, 0.15) is 20.3 Å². The summed E-state index contributed by atoms with van der Waals surface area (Å²) in [5.41, 5.74) is 1.06. The maximum absolute atomic E-state index is 11.9. The normalized spacial score (nSPS) is 10.2. The molecule has 23 heavy (non-hydrogen) atoms. The maximum Gasteiger partial charge on any atom is 0.228 e. The largest absolute Gasteiger partial charge is 0.493 e. The Morgan fingerprint density at radius 3 is 2.48 bits per heavy atom. The molecule has 0 bridgehead atoms. The molecule has 1 amide bonds. The number of para-hydroxylation sites is 1. The second-order valence-electron chi connectivity index (χ2n) is 5.03. The Morgan fingerprint density at radius 1 is 1.13 bits per heavy atom. The number of amides is 1. The molecule has 0 aliphatic rings. The fourth-order valence-electron chi connectivity index (χ4n) is 2.22. The second-order valence-corrected chi connectivity index (χ2v) is 5.03. The average molecular weight is 313 g/mol. The van der Waals surface area contributed by atoms with Gasteiger partial charge in [-0.05, 0) is 38.1 Å². The number of ether oxygens (including phenoxy) is 1. The van der Waals surface area contributed by atoms with Gasteiger partial charge in [0.2, 0.25) is 5.91 Å². The lowest BCUT2D eigenvalue weighted by molar-refractivity contribution is -0.116. The van der Waals surface area contributed by atoms with E-state index in [0.717, 1.165) is 24.5 Å². The number of hydrogen-bond donors (Lipinski definition) is 1. The monoisotopic (exact) mass is 313 g/mol. The van der Waals surface area contributed by atoms with Crippen molar-refractivity contribution in [2.75, 3.05) is 29.9 Å². The van der Waals surface area contributed by atoms with Gasteiger partial charge in [-0.3, -0.25) is 4.79 Å². The molecule has 0 saturated carbocycles. The van der Waals surface area contributed by atoms with Crippen molar-refractivity contribution in [1.82, 2.24) is 4.98 Å². The Labute approximate surface area is 137 Å². The SMILES string of the molecule is CCN(CC)c1ccc(NC(=O)CCOc2ccccc2)nc1. The highest BCUT2D eigenvalue weighted by molar-refractivity contribution is 5.89. The first kappa shape index (κ1) is 16.8. The number of aromatic nitrogens is 1. The predicted octanol–water partition coefficient (Wildman–Crippen LogP) is 3.34. The standard InChI is InChI=1S/C18H23N3O2/c1-3-21(4-2)15-10-11-17(19-14-15)20-18(22)12-13-23-16-8-6-5-7-9-16/h5-11,14H,3-4,12-13H2,1-2H3,(H,19,20,22). The lowest BCUT2D eigenvalue weighted by atomic mass is 10.3. The average Bonchev–Trinajstić information content (AvgIpc) is 2.58. The van der Waals surface area contributed by atoms with Gasteiger partial charge in [0.1, 0.15) is 11.6 Å². The minimum Gasteiger partial charge on any atom is -0.493 e. The molecule has 0 saturated heterocycles. The molecule has 2 aromatic rings. The summed E-state index contributed by atoms with van der Waals surface area (Å²) >= 11 is 0. The molecule has 0 fully saturated rings. The van der Waals surface area contributed by atoms with Crippen molar-refractivity contribution < 1.29 is 9.53 Å². The van der Waals surface area contributed by atoms with Gasteiger partial charge >= 0.3 is 0 Å². The van der Waals surface area contributed by atoms with Gasteiger partial charge in [0, 0.05) is 13.1 Å². The van der Waals surface area contributed by atoms with E-state index in [2.05, 4.69) is 29.0 Å². The van der Waals surface area contributed by atoms with Crippen LogP contribution in [0.15, 0.2) is 48.7 Å². The first-order valence-corrected chi connectivity index (χ1v) is 7.91. The maximum atomic E-state index is 11.9. The topological polar surface area (TPSA) is 54.5 Å². The van der Waals surface area contributed by atoms with Crippen LogP contribution in [0.5, 0.6) is 5.75 Å². The van der Waals surface area contributed by atoms with Crippen LogP contribution >= 0.6 is 0 Å². The Hall–Kier alpha value is -2.56. The summed E-state index contributed by atoms with van der Waals surface area (Å²) in [7, 11) is 0. The Morgan fingerprint density at radius 2 is 1.87 bits per heavy atom. The zero-order valence-electron chi connectivity index (χ0n) is 13.7. The fraction of sp³-hybridized carbons (Fsp3) is 0.333. The van der Waals surface area contributed by atoms with E-state index in [-0.39, 0.29) is 12.3 Å². The van der Waals surface area contributed by atoms with Crippen molar-refractivity contribution >= 4 is 17.4 Å². The van der Waals surface area contributed by atoms with Crippen LogP contribution in [0.3, 0.4) is 0 Å². The van der Waals surface area contributed by atoms with Crippen molar-refractivity contribution in [2.24, 2.45) is 0 Å². The summed E-state index contributed by atoms with van der Waals surface area (Å²) in [6.45, 7) is 6.41. The number of anilines is 2. The summed E-state index contributed by atoms with van der Waals surface area (Å²) in [5, 5.41) is 2.78. The Bertz CT molecular complexity index is 595. The van der Waals surface area contributed by atoms with Gasteiger partial charge in [-0.25, -0.2) is 4.98 Å². The molecule has 2 rings (SSSR count). The van der Waals surface area contributed by atoms with Crippen LogP contribution in [0.25, 0.3) is 0 Å². The molecule has 0 atom stereocenters. The van der Waals surface area contributed by atoms with Crippen molar-refractivity contribution in [3.05, 3.63) is 48.7 Å². The van der Waals surface area contributed by atoms with E-state index >= 15 is 0 Å². The van der Waals surface area contributed by atoms with Gasteiger partial charge in [0.15, 0.2) is 0 Å². The number of carbonyl (C=O) groups is 1. The lowest BCUT2D eigenvalue weighted by Gasteiger charge is -2.20. The number of rotatable bonds is 8. The zero-order chi connectivity index (χ0) is 16.5. The zero-order valence-corrected chi connectivity index (χ0v) is 13.7. The van der Waals surface area contributed by atoms with Crippen LogP contribution < -0.4 is 15.0 Å². The highest BCUT2D eigenvalue weighted by Gasteiger charge is 2.06. The highest BCUT2D eigenvalue weighted by Crippen LogP contribution is 2.15. The molecule has 5 heteroatoms. The van der Waals surface area contributed by atoms with E-state index in [1.54, 1.807) is 6.20 Å². The number of nitrogens with zero attached hydrogens (tertiary/aromatic N) is 2. The second kappa shape index (κ2) is 8.78. The van der Waals surface area contributed by atoms with Crippen LogP contribution in [-0.4, -0.2) is 30.6 Å². The van der Waals surface area contributed by atoms with Crippen molar-refractivity contribution in [3.63, 3.8) is 0 Å². The molecule has 1 N–H and O–H groups in total. The summed E-state index contributed by atoms with van der Waals surface area (Å²) in [5.74, 6) is 1.22. The molecule has 0 aliphatic heterocycles. The quantitative estimate of drug-likeness (QED) is 0.812. The molecule has 0 spiro atoms. The number of hydrogen-bond acceptors (Lipinski definition) is 4. The molecule has 1 aromatic carbocycles. The van der Waals surface area contributed by atoms with Crippen molar-refractivity contribution in [3.8, 4) is 5.75 Å². The molecule has 5 nitrogen and oxygen atoms in total. The van der Waals surface area contributed by atoms with Crippen molar-refractivity contribution in [2.45, 2.75) is 20.3 Å². The first-order valence-electron chi connectivity index (χ1n) is 7.91. The number of pyridine rings is 1. The summed E-state index contributed by atoms with van der Waals surface area (Å²) in [4.78, 5) is 18.4. The number of benzene rings is 1. The Balaban J connectivity index is 1.78. The van der Waals surface area contributed by atoms with Gasteiger partial charge < -0.3 is 15.0 Å². The third-order valence-electron chi connectivity index (χ3n) is 3.49. The van der Waals surface area contributed by atoms with E-state index in [9.17, 15) is 4.79 Å². The molecule has 1 heterocycles.